The summed E-state index contributed by atoms with van der Waals surface area (Å²) in [6, 6.07) is 3.25. The van der Waals surface area contributed by atoms with E-state index in [4.69, 9.17) is 9.15 Å². The van der Waals surface area contributed by atoms with Gasteiger partial charge in [-0.05, 0) is 18.6 Å². The average Bonchev–Trinajstić information content (AvgIpc) is 2.92. The number of Topliss-reactive ketones (excluding diaryl/α,β-unsaturated/α-hetero) is 1. The molecule has 5 heteroatoms. The summed E-state index contributed by atoms with van der Waals surface area (Å²) in [4.78, 5) is 22.7. The SMILES string of the molecule is CCCCCC(=O)[C@@H](C)[C@H](O)c1ccc(COC(C)=O)o1. The number of rotatable bonds is 9. The molecule has 0 aliphatic rings. The van der Waals surface area contributed by atoms with Gasteiger partial charge in [-0.3, -0.25) is 9.59 Å². The third kappa shape index (κ3) is 5.71. The molecule has 0 bridgehead atoms. The highest BCUT2D eigenvalue weighted by molar-refractivity contribution is 5.81. The van der Waals surface area contributed by atoms with Crippen molar-refractivity contribution < 1.29 is 23.8 Å². The lowest BCUT2D eigenvalue weighted by Gasteiger charge is -2.15. The zero-order valence-corrected chi connectivity index (χ0v) is 12.9. The second kappa shape index (κ2) is 8.62. The van der Waals surface area contributed by atoms with Crippen LogP contribution in [0.5, 0.6) is 0 Å². The Balaban J connectivity index is 2.55. The van der Waals surface area contributed by atoms with Gasteiger partial charge in [0.25, 0.3) is 0 Å². The molecule has 0 aliphatic carbocycles. The summed E-state index contributed by atoms with van der Waals surface area (Å²) in [7, 11) is 0. The number of ether oxygens (including phenoxy) is 1. The van der Waals surface area contributed by atoms with Crippen molar-refractivity contribution in [2.45, 2.75) is 59.2 Å². The highest BCUT2D eigenvalue weighted by atomic mass is 16.5. The highest BCUT2D eigenvalue weighted by Crippen LogP contribution is 2.26. The summed E-state index contributed by atoms with van der Waals surface area (Å²) < 4.78 is 10.2. The smallest absolute Gasteiger partial charge is 0.303 e. The topological polar surface area (TPSA) is 76.7 Å². The van der Waals surface area contributed by atoms with E-state index in [1.165, 1.54) is 6.92 Å². The van der Waals surface area contributed by atoms with E-state index in [0.717, 1.165) is 19.3 Å². The van der Waals surface area contributed by atoms with E-state index in [1.54, 1.807) is 19.1 Å². The number of furan rings is 1. The van der Waals surface area contributed by atoms with Crippen molar-refractivity contribution in [3.8, 4) is 0 Å². The Morgan fingerprint density at radius 3 is 2.67 bits per heavy atom. The summed E-state index contributed by atoms with van der Waals surface area (Å²) in [5.74, 6) is -0.0881. The van der Waals surface area contributed by atoms with Gasteiger partial charge in [0.2, 0.25) is 0 Å². The van der Waals surface area contributed by atoms with Gasteiger partial charge in [-0.15, -0.1) is 0 Å². The fourth-order valence-corrected chi connectivity index (χ4v) is 2.00. The first-order chi connectivity index (χ1) is 9.95. The Morgan fingerprint density at radius 2 is 2.05 bits per heavy atom. The zero-order chi connectivity index (χ0) is 15.8. The lowest BCUT2D eigenvalue weighted by molar-refractivity contribution is -0.142. The molecule has 0 spiro atoms. The van der Waals surface area contributed by atoms with Gasteiger partial charge in [-0.2, -0.15) is 0 Å². The number of carbonyl (C=O) groups excluding carboxylic acids is 2. The standard InChI is InChI=1S/C16H24O5/c1-4-5-6-7-14(18)11(2)16(19)15-9-8-13(21-15)10-20-12(3)17/h8-9,11,16,19H,4-7,10H2,1-3H3/t11-,16+/m1/s1. The minimum absolute atomic E-state index is 0.0287. The number of aliphatic hydroxyl groups is 1. The number of aliphatic hydroxyl groups excluding tert-OH is 1. The van der Waals surface area contributed by atoms with E-state index in [0.29, 0.717) is 17.9 Å². The Bertz CT molecular complexity index is 463. The molecule has 0 saturated heterocycles. The van der Waals surface area contributed by atoms with E-state index in [9.17, 15) is 14.7 Å². The second-order valence-corrected chi connectivity index (χ2v) is 5.24. The van der Waals surface area contributed by atoms with Crippen LogP contribution in [0.15, 0.2) is 16.5 Å². The quantitative estimate of drug-likeness (QED) is 0.559. The van der Waals surface area contributed by atoms with Crippen LogP contribution in [0.4, 0.5) is 0 Å². The average molecular weight is 296 g/mol. The lowest BCUT2D eigenvalue weighted by atomic mass is 9.94. The fraction of sp³-hybridized carbons (Fsp3) is 0.625. The van der Waals surface area contributed by atoms with Crippen LogP contribution in [0.2, 0.25) is 0 Å². The van der Waals surface area contributed by atoms with Crippen LogP contribution in [0, 0.1) is 5.92 Å². The Morgan fingerprint density at radius 1 is 1.33 bits per heavy atom. The summed E-state index contributed by atoms with van der Waals surface area (Å²) in [5, 5.41) is 10.2. The van der Waals surface area contributed by atoms with Gasteiger partial charge in [0.15, 0.2) is 0 Å². The number of hydrogen-bond donors (Lipinski definition) is 1. The van der Waals surface area contributed by atoms with Crippen LogP contribution in [-0.2, 0) is 20.9 Å². The minimum Gasteiger partial charge on any atom is -0.460 e. The van der Waals surface area contributed by atoms with Crippen molar-refractivity contribution in [2.75, 3.05) is 0 Å². The molecule has 1 N–H and O–H groups in total. The molecule has 2 atom stereocenters. The molecule has 0 radical (unpaired) electrons. The fourth-order valence-electron chi connectivity index (χ4n) is 2.00. The van der Waals surface area contributed by atoms with Crippen LogP contribution in [0.3, 0.4) is 0 Å². The maximum atomic E-state index is 12.0. The van der Waals surface area contributed by atoms with E-state index in [1.807, 2.05) is 0 Å². The third-order valence-corrected chi connectivity index (χ3v) is 3.40. The number of hydrogen-bond acceptors (Lipinski definition) is 5. The van der Waals surface area contributed by atoms with Gasteiger partial charge in [0, 0.05) is 19.3 Å². The zero-order valence-electron chi connectivity index (χ0n) is 12.9. The molecule has 0 saturated carbocycles. The predicted molar refractivity (Wildman–Crippen MR) is 77.5 cm³/mol. The van der Waals surface area contributed by atoms with Crippen molar-refractivity contribution in [1.29, 1.82) is 0 Å². The van der Waals surface area contributed by atoms with Crippen molar-refractivity contribution in [3.05, 3.63) is 23.7 Å². The highest BCUT2D eigenvalue weighted by Gasteiger charge is 2.25. The van der Waals surface area contributed by atoms with Crippen molar-refractivity contribution in [2.24, 2.45) is 5.92 Å². The maximum Gasteiger partial charge on any atom is 0.303 e. The van der Waals surface area contributed by atoms with Gasteiger partial charge in [-0.1, -0.05) is 26.7 Å². The first-order valence-electron chi connectivity index (χ1n) is 7.38. The molecule has 1 aromatic heterocycles. The number of esters is 1. The molecule has 0 unspecified atom stereocenters. The van der Waals surface area contributed by atoms with E-state index >= 15 is 0 Å². The molecule has 118 valence electrons. The molecule has 1 aromatic rings. The molecular weight excluding hydrogens is 272 g/mol. The molecule has 0 aliphatic heterocycles. The second-order valence-electron chi connectivity index (χ2n) is 5.24. The molecule has 5 nitrogen and oxygen atoms in total. The number of ketones is 1. The molecule has 1 heterocycles. The van der Waals surface area contributed by atoms with Gasteiger partial charge in [0.1, 0.15) is 30.0 Å². The normalized spacial score (nSPS) is 13.7. The predicted octanol–water partition coefficient (Wildman–Crippen LogP) is 3.16. The van der Waals surface area contributed by atoms with Gasteiger partial charge < -0.3 is 14.3 Å². The lowest BCUT2D eigenvalue weighted by Crippen LogP contribution is -2.18. The Kier molecular flexibility index (Phi) is 7.15. The first-order valence-corrected chi connectivity index (χ1v) is 7.38. The van der Waals surface area contributed by atoms with Gasteiger partial charge in [0.05, 0.1) is 0 Å². The van der Waals surface area contributed by atoms with Crippen molar-refractivity contribution >= 4 is 11.8 Å². The van der Waals surface area contributed by atoms with Crippen LogP contribution < -0.4 is 0 Å². The summed E-state index contributed by atoms with van der Waals surface area (Å²) >= 11 is 0. The first kappa shape index (κ1) is 17.4. The molecule has 0 amide bonds. The third-order valence-electron chi connectivity index (χ3n) is 3.40. The summed E-state index contributed by atoms with van der Waals surface area (Å²) in [5.41, 5.74) is 0. The van der Waals surface area contributed by atoms with Crippen molar-refractivity contribution in [1.82, 2.24) is 0 Å². The van der Waals surface area contributed by atoms with Gasteiger partial charge >= 0.3 is 5.97 Å². The van der Waals surface area contributed by atoms with Gasteiger partial charge in [-0.25, -0.2) is 0 Å². The van der Waals surface area contributed by atoms with E-state index in [2.05, 4.69) is 6.92 Å². The molecule has 0 aromatic carbocycles. The molecular formula is C16H24O5. The summed E-state index contributed by atoms with van der Waals surface area (Å²) in [6.07, 6.45) is 2.43. The van der Waals surface area contributed by atoms with Crippen LogP contribution >= 0.6 is 0 Å². The van der Waals surface area contributed by atoms with E-state index in [-0.39, 0.29) is 12.4 Å². The largest absolute Gasteiger partial charge is 0.460 e. The Hall–Kier alpha value is -1.62. The minimum atomic E-state index is -0.967. The number of carbonyl (C=O) groups is 2. The van der Waals surface area contributed by atoms with Crippen LogP contribution in [0.25, 0.3) is 0 Å². The summed E-state index contributed by atoms with van der Waals surface area (Å²) in [6.45, 7) is 5.13. The molecule has 0 fully saturated rings. The van der Waals surface area contributed by atoms with Crippen LogP contribution in [-0.4, -0.2) is 16.9 Å². The Labute approximate surface area is 125 Å². The van der Waals surface area contributed by atoms with E-state index < -0.39 is 18.0 Å². The number of unbranched alkanes of at least 4 members (excludes halogenated alkanes) is 2. The molecule has 21 heavy (non-hydrogen) atoms. The maximum absolute atomic E-state index is 12.0. The molecule has 1 rings (SSSR count). The van der Waals surface area contributed by atoms with Crippen molar-refractivity contribution in [3.63, 3.8) is 0 Å². The monoisotopic (exact) mass is 296 g/mol. The van der Waals surface area contributed by atoms with Crippen LogP contribution in [0.1, 0.15) is 64.1 Å².